The lowest BCUT2D eigenvalue weighted by Crippen LogP contribution is -2.30. The van der Waals surface area contributed by atoms with E-state index in [2.05, 4.69) is 0 Å². The third-order valence-corrected chi connectivity index (χ3v) is 2.99. The topological polar surface area (TPSA) is 57.6 Å². The number of hydrogen-bond acceptors (Lipinski definition) is 2. The van der Waals surface area contributed by atoms with E-state index in [1.807, 2.05) is 4.90 Å². The van der Waals surface area contributed by atoms with Crippen LogP contribution in [0.2, 0.25) is 0 Å². The van der Waals surface area contributed by atoms with Crippen molar-refractivity contribution in [1.82, 2.24) is 4.90 Å². The van der Waals surface area contributed by atoms with Gasteiger partial charge in [0, 0.05) is 25.4 Å². The van der Waals surface area contributed by atoms with E-state index < -0.39 is 5.97 Å². The minimum Gasteiger partial charge on any atom is -0.481 e. The molecule has 2 rings (SSSR count). The lowest BCUT2D eigenvalue weighted by Gasteiger charge is -2.15. The van der Waals surface area contributed by atoms with E-state index in [4.69, 9.17) is 5.11 Å². The molecule has 1 unspecified atom stereocenters. The van der Waals surface area contributed by atoms with E-state index in [0.29, 0.717) is 6.54 Å². The number of carboxylic acids is 1. The second-order valence-electron chi connectivity index (χ2n) is 4.31. The summed E-state index contributed by atoms with van der Waals surface area (Å²) in [7, 11) is 0. The fraction of sp³-hybridized carbons (Fsp3) is 0.800. The average Bonchev–Trinajstić information content (AvgIpc) is 2.86. The molecular formula is C10H15NO3. The quantitative estimate of drug-likeness (QED) is 0.725. The lowest BCUT2D eigenvalue weighted by molar-refractivity contribution is -0.138. The summed E-state index contributed by atoms with van der Waals surface area (Å²) in [6, 6.07) is 0. The van der Waals surface area contributed by atoms with Gasteiger partial charge in [0.1, 0.15) is 0 Å². The van der Waals surface area contributed by atoms with Crippen molar-refractivity contribution in [3.05, 3.63) is 0 Å². The molecule has 1 amide bonds. The van der Waals surface area contributed by atoms with Gasteiger partial charge in [-0.25, -0.2) is 0 Å². The molecule has 78 valence electrons. The monoisotopic (exact) mass is 197 g/mol. The van der Waals surface area contributed by atoms with Gasteiger partial charge in [0.2, 0.25) is 5.91 Å². The molecule has 1 aliphatic heterocycles. The van der Waals surface area contributed by atoms with Gasteiger partial charge in [0.15, 0.2) is 0 Å². The Labute approximate surface area is 82.9 Å². The summed E-state index contributed by atoms with van der Waals surface area (Å²) in [4.78, 5) is 23.9. The van der Waals surface area contributed by atoms with Gasteiger partial charge < -0.3 is 10.0 Å². The molecule has 4 heteroatoms. The molecule has 2 fully saturated rings. The third kappa shape index (κ3) is 2.05. The molecule has 0 aromatic heterocycles. The fourth-order valence-electron chi connectivity index (χ4n) is 2.03. The van der Waals surface area contributed by atoms with Gasteiger partial charge in [-0.2, -0.15) is 0 Å². The molecule has 0 aromatic rings. The van der Waals surface area contributed by atoms with Gasteiger partial charge >= 0.3 is 5.97 Å². The first-order chi connectivity index (χ1) is 6.66. The van der Waals surface area contributed by atoms with Crippen molar-refractivity contribution in [2.45, 2.75) is 25.7 Å². The molecule has 1 saturated heterocycles. The second kappa shape index (κ2) is 3.59. The highest BCUT2D eigenvalue weighted by molar-refractivity contribution is 5.81. The number of hydrogen-bond donors (Lipinski definition) is 1. The van der Waals surface area contributed by atoms with Crippen LogP contribution in [0.15, 0.2) is 0 Å². The highest BCUT2D eigenvalue weighted by Gasteiger charge is 2.36. The van der Waals surface area contributed by atoms with Crippen molar-refractivity contribution in [1.29, 1.82) is 0 Å². The van der Waals surface area contributed by atoms with E-state index in [0.717, 1.165) is 25.8 Å². The molecule has 4 nitrogen and oxygen atoms in total. The summed E-state index contributed by atoms with van der Waals surface area (Å²) in [6.45, 7) is 1.41. The van der Waals surface area contributed by atoms with Crippen LogP contribution in [-0.4, -0.2) is 35.0 Å². The zero-order chi connectivity index (χ0) is 10.1. The van der Waals surface area contributed by atoms with Crippen LogP contribution in [0.5, 0.6) is 0 Å². The first-order valence-electron chi connectivity index (χ1n) is 5.17. The second-order valence-corrected chi connectivity index (χ2v) is 4.31. The summed E-state index contributed by atoms with van der Waals surface area (Å²) in [6.07, 6.45) is 3.11. The van der Waals surface area contributed by atoms with Crippen molar-refractivity contribution in [2.75, 3.05) is 13.1 Å². The Morgan fingerprint density at radius 3 is 2.57 bits per heavy atom. The van der Waals surface area contributed by atoms with Gasteiger partial charge in [-0.1, -0.05) is 0 Å². The number of carbonyl (C=O) groups is 2. The Morgan fingerprint density at radius 2 is 2.00 bits per heavy atom. The minimum absolute atomic E-state index is 0.176. The number of carboxylic acid groups (broad SMARTS) is 1. The summed E-state index contributed by atoms with van der Waals surface area (Å²) < 4.78 is 0. The van der Waals surface area contributed by atoms with E-state index in [1.54, 1.807) is 0 Å². The average molecular weight is 197 g/mol. The van der Waals surface area contributed by atoms with Gasteiger partial charge in [0.25, 0.3) is 0 Å². The SMILES string of the molecule is O=C(O)CC1CCN(C(=O)C2CC2)C1. The summed E-state index contributed by atoms with van der Waals surface area (Å²) >= 11 is 0. The highest BCUT2D eigenvalue weighted by Crippen LogP contribution is 2.33. The highest BCUT2D eigenvalue weighted by atomic mass is 16.4. The van der Waals surface area contributed by atoms with Crippen molar-refractivity contribution >= 4 is 11.9 Å². The van der Waals surface area contributed by atoms with Crippen LogP contribution in [0, 0.1) is 11.8 Å². The normalized spacial score (nSPS) is 26.6. The smallest absolute Gasteiger partial charge is 0.303 e. The maximum atomic E-state index is 11.6. The molecule has 0 bridgehead atoms. The van der Waals surface area contributed by atoms with Crippen molar-refractivity contribution < 1.29 is 14.7 Å². The Hall–Kier alpha value is -1.06. The molecule has 2 aliphatic rings. The van der Waals surface area contributed by atoms with Crippen LogP contribution in [0.3, 0.4) is 0 Å². The number of aliphatic carboxylic acids is 1. The largest absolute Gasteiger partial charge is 0.481 e. The predicted octanol–water partition coefficient (Wildman–Crippen LogP) is 0.720. The Kier molecular flexibility index (Phi) is 2.44. The zero-order valence-electron chi connectivity index (χ0n) is 8.11. The zero-order valence-corrected chi connectivity index (χ0v) is 8.11. The van der Waals surface area contributed by atoms with Crippen molar-refractivity contribution in [3.8, 4) is 0 Å². The maximum absolute atomic E-state index is 11.6. The number of likely N-dealkylation sites (tertiary alicyclic amines) is 1. The summed E-state index contributed by atoms with van der Waals surface area (Å²) in [5.41, 5.74) is 0. The van der Waals surface area contributed by atoms with Gasteiger partial charge in [0.05, 0.1) is 0 Å². The van der Waals surface area contributed by atoms with E-state index >= 15 is 0 Å². The van der Waals surface area contributed by atoms with Crippen LogP contribution >= 0.6 is 0 Å². The first kappa shape index (κ1) is 9.49. The molecule has 1 N–H and O–H groups in total. The molecular weight excluding hydrogens is 182 g/mol. The Bertz CT molecular complexity index is 260. The molecule has 1 aliphatic carbocycles. The van der Waals surface area contributed by atoms with E-state index in [-0.39, 0.29) is 24.2 Å². The van der Waals surface area contributed by atoms with Crippen LogP contribution < -0.4 is 0 Å². The summed E-state index contributed by atoms with van der Waals surface area (Å²) in [5, 5.41) is 8.62. The molecule has 14 heavy (non-hydrogen) atoms. The van der Waals surface area contributed by atoms with E-state index in [9.17, 15) is 9.59 Å². The van der Waals surface area contributed by atoms with Gasteiger partial charge in [-0.3, -0.25) is 9.59 Å². The molecule has 1 heterocycles. The molecule has 1 saturated carbocycles. The van der Waals surface area contributed by atoms with Gasteiger partial charge in [-0.15, -0.1) is 0 Å². The van der Waals surface area contributed by atoms with Gasteiger partial charge in [-0.05, 0) is 25.2 Å². The summed E-state index contributed by atoms with van der Waals surface area (Å²) in [5.74, 6) is -0.0672. The first-order valence-corrected chi connectivity index (χ1v) is 5.17. The molecule has 0 aromatic carbocycles. The van der Waals surface area contributed by atoms with Crippen LogP contribution in [0.25, 0.3) is 0 Å². The fourth-order valence-corrected chi connectivity index (χ4v) is 2.03. The third-order valence-electron chi connectivity index (χ3n) is 2.99. The van der Waals surface area contributed by atoms with Crippen molar-refractivity contribution in [2.24, 2.45) is 11.8 Å². The van der Waals surface area contributed by atoms with Crippen molar-refractivity contribution in [3.63, 3.8) is 0 Å². The molecule has 1 atom stereocenters. The van der Waals surface area contributed by atoms with Crippen LogP contribution in [-0.2, 0) is 9.59 Å². The Morgan fingerprint density at radius 1 is 1.29 bits per heavy atom. The standard InChI is InChI=1S/C10H15NO3/c12-9(13)5-7-3-4-11(6-7)10(14)8-1-2-8/h7-8H,1-6H2,(H,12,13). The van der Waals surface area contributed by atoms with Crippen LogP contribution in [0.1, 0.15) is 25.7 Å². The minimum atomic E-state index is -0.754. The number of amides is 1. The number of nitrogens with zero attached hydrogens (tertiary/aromatic N) is 1. The van der Waals surface area contributed by atoms with Crippen LogP contribution in [0.4, 0.5) is 0 Å². The predicted molar refractivity (Wildman–Crippen MR) is 49.7 cm³/mol. The van der Waals surface area contributed by atoms with E-state index in [1.165, 1.54) is 0 Å². The lowest BCUT2D eigenvalue weighted by atomic mass is 10.1. The molecule has 0 radical (unpaired) electrons. The maximum Gasteiger partial charge on any atom is 0.303 e. The number of carbonyl (C=O) groups excluding carboxylic acids is 1. The Balaban J connectivity index is 1.81. The number of rotatable bonds is 3. The molecule has 0 spiro atoms.